The SMILES string of the molecule is CC/C=C\C/C=C\C/C=C\C/C=C\C/C=C\CCCC(=O)OCC(COP(=O)(O)OCC(CO)OC(=O)CCCCCCCCCCC)OC(=O)CCCCCC/C=C\C/C=C\C/C=C\C/C=C\CC. The molecule has 0 amide bonds. The molecule has 2 N–H and O–H groups in total. The Kier molecular flexibility index (Phi) is 48.7. The Morgan fingerprint density at radius 2 is 0.757 bits per heavy atom. The van der Waals surface area contributed by atoms with Crippen molar-refractivity contribution in [2.75, 3.05) is 26.4 Å². The largest absolute Gasteiger partial charge is 0.472 e. The van der Waals surface area contributed by atoms with Crippen molar-refractivity contribution < 1.29 is 52.2 Å². The van der Waals surface area contributed by atoms with E-state index in [-0.39, 0.29) is 25.9 Å². The highest BCUT2D eigenvalue weighted by molar-refractivity contribution is 7.47. The molecule has 70 heavy (non-hydrogen) atoms. The molecular weight excluding hydrogens is 904 g/mol. The topological polar surface area (TPSA) is 155 Å². The fraction of sp³-hybridized carbons (Fsp3) is 0.638. The van der Waals surface area contributed by atoms with Gasteiger partial charge in [-0.05, 0) is 96.3 Å². The number of unbranched alkanes of at least 4 members (excludes halogenated alkanes) is 13. The first-order chi connectivity index (χ1) is 34.2. The molecule has 0 bridgehead atoms. The average molecular weight is 999 g/mol. The number of carbonyl (C=O) groups is 3. The van der Waals surface area contributed by atoms with Crippen LogP contribution in [0.4, 0.5) is 0 Å². The van der Waals surface area contributed by atoms with E-state index in [9.17, 15) is 28.9 Å². The molecule has 398 valence electrons. The Morgan fingerprint density at radius 1 is 0.414 bits per heavy atom. The first-order valence-corrected chi connectivity index (χ1v) is 28.3. The van der Waals surface area contributed by atoms with E-state index in [2.05, 4.69) is 124 Å². The zero-order valence-corrected chi connectivity index (χ0v) is 44.6. The van der Waals surface area contributed by atoms with Crippen LogP contribution in [0.3, 0.4) is 0 Å². The van der Waals surface area contributed by atoms with Crippen LogP contribution in [-0.2, 0) is 42.2 Å². The van der Waals surface area contributed by atoms with Gasteiger partial charge in [0.25, 0.3) is 0 Å². The number of ether oxygens (including phenoxy) is 3. The fourth-order valence-electron chi connectivity index (χ4n) is 6.68. The molecule has 12 heteroatoms. The first kappa shape index (κ1) is 66.1. The van der Waals surface area contributed by atoms with Crippen LogP contribution >= 0.6 is 7.82 Å². The van der Waals surface area contributed by atoms with E-state index in [1.54, 1.807) is 0 Å². The van der Waals surface area contributed by atoms with Crippen molar-refractivity contribution in [1.82, 2.24) is 0 Å². The first-order valence-electron chi connectivity index (χ1n) is 26.8. The summed E-state index contributed by atoms with van der Waals surface area (Å²) in [7, 11) is -4.76. The molecule has 0 saturated carbocycles. The van der Waals surface area contributed by atoms with Gasteiger partial charge in [-0.25, -0.2) is 4.57 Å². The number of allylic oxidation sites excluding steroid dienone is 18. The highest BCUT2D eigenvalue weighted by Gasteiger charge is 2.28. The van der Waals surface area contributed by atoms with E-state index in [0.717, 1.165) is 103 Å². The summed E-state index contributed by atoms with van der Waals surface area (Å²) in [6, 6.07) is 0. The van der Waals surface area contributed by atoms with Crippen molar-refractivity contribution in [3.63, 3.8) is 0 Å². The maximum atomic E-state index is 12.9. The Hall–Kier alpha value is -3.86. The summed E-state index contributed by atoms with van der Waals surface area (Å²) < 4.78 is 39.3. The molecule has 0 heterocycles. The van der Waals surface area contributed by atoms with Gasteiger partial charge in [-0.3, -0.25) is 23.4 Å². The van der Waals surface area contributed by atoms with Crippen molar-refractivity contribution in [3.8, 4) is 0 Å². The predicted molar refractivity (Wildman–Crippen MR) is 288 cm³/mol. The molecule has 0 aliphatic rings. The van der Waals surface area contributed by atoms with Gasteiger partial charge >= 0.3 is 25.7 Å². The molecule has 0 aliphatic heterocycles. The second kappa shape index (κ2) is 51.5. The predicted octanol–water partition coefficient (Wildman–Crippen LogP) is 15.5. The van der Waals surface area contributed by atoms with E-state index in [0.29, 0.717) is 25.7 Å². The summed E-state index contributed by atoms with van der Waals surface area (Å²) in [5.74, 6) is -1.58. The number of aliphatic hydroxyl groups excluding tert-OH is 1. The average Bonchev–Trinajstić information content (AvgIpc) is 3.35. The van der Waals surface area contributed by atoms with Crippen LogP contribution in [0.5, 0.6) is 0 Å². The van der Waals surface area contributed by atoms with Gasteiger partial charge in [0.05, 0.1) is 19.8 Å². The van der Waals surface area contributed by atoms with E-state index < -0.39 is 57.8 Å². The lowest BCUT2D eigenvalue weighted by molar-refractivity contribution is -0.161. The maximum absolute atomic E-state index is 12.9. The lowest BCUT2D eigenvalue weighted by atomic mass is 10.1. The van der Waals surface area contributed by atoms with Gasteiger partial charge in [0.1, 0.15) is 12.7 Å². The molecule has 3 unspecified atom stereocenters. The minimum atomic E-state index is -4.76. The van der Waals surface area contributed by atoms with Crippen LogP contribution in [-0.4, -0.2) is 66.5 Å². The highest BCUT2D eigenvalue weighted by Crippen LogP contribution is 2.43. The number of esters is 3. The van der Waals surface area contributed by atoms with Gasteiger partial charge in [0.15, 0.2) is 6.10 Å². The summed E-state index contributed by atoms with van der Waals surface area (Å²) in [6.45, 7) is 4.27. The second-order valence-corrected chi connectivity index (χ2v) is 18.7. The third-order valence-corrected chi connectivity index (χ3v) is 11.6. The molecule has 0 radical (unpaired) electrons. The summed E-state index contributed by atoms with van der Waals surface area (Å²) in [6.07, 6.45) is 60.7. The van der Waals surface area contributed by atoms with E-state index in [1.165, 1.54) is 32.1 Å². The molecule has 0 rings (SSSR count). The van der Waals surface area contributed by atoms with Crippen LogP contribution in [0, 0.1) is 0 Å². The number of phosphoric ester groups is 1. The van der Waals surface area contributed by atoms with Crippen molar-refractivity contribution in [1.29, 1.82) is 0 Å². The Labute approximate surface area is 425 Å². The summed E-state index contributed by atoms with van der Waals surface area (Å²) in [5.41, 5.74) is 0. The van der Waals surface area contributed by atoms with E-state index in [4.69, 9.17) is 23.3 Å². The molecule has 0 aliphatic carbocycles. The number of carbonyl (C=O) groups excluding carboxylic acids is 3. The molecule has 11 nitrogen and oxygen atoms in total. The van der Waals surface area contributed by atoms with E-state index in [1.807, 2.05) is 6.08 Å². The second-order valence-electron chi connectivity index (χ2n) is 17.3. The number of hydrogen-bond donors (Lipinski definition) is 2. The number of hydrogen-bond acceptors (Lipinski definition) is 10. The number of rotatable bonds is 48. The number of phosphoric acid groups is 1. The zero-order chi connectivity index (χ0) is 51.3. The normalized spacial score (nSPS) is 14.3. The van der Waals surface area contributed by atoms with Crippen molar-refractivity contribution in [3.05, 3.63) is 109 Å². The standard InChI is InChI=1S/C58H95O11P/c1-4-7-10-13-16-19-21-23-25-27-29-31-33-36-38-41-44-47-56(60)65-51-55(69-58(62)49-46-43-40-37-34-32-30-28-26-24-22-20-17-14-11-8-5-2)53-67-70(63,64)66-52-54(50-59)68-57(61)48-45-42-39-35-18-15-12-9-6-3/h7-8,10-11,16-17,19-20,23-26,29-32,36,38,54-55,59H,4-6,9,12-15,18,21-22,27-28,33-35,37,39-53H2,1-3H3,(H,63,64)/b10-7-,11-8-,19-16-,20-17-,25-23-,26-24-,31-29-,32-30-,38-36-. The monoisotopic (exact) mass is 999 g/mol. The minimum Gasteiger partial charge on any atom is -0.462 e. The van der Waals surface area contributed by atoms with Crippen LogP contribution in [0.25, 0.3) is 0 Å². The van der Waals surface area contributed by atoms with Crippen LogP contribution in [0.1, 0.15) is 201 Å². The third kappa shape index (κ3) is 49.1. The Morgan fingerprint density at radius 3 is 1.19 bits per heavy atom. The molecule has 0 aromatic heterocycles. The lowest BCUT2D eigenvalue weighted by Crippen LogP contribution is -2.30. The fourth-order valence-corrected chi connectivity index (χ4v) is 7.46. The summed E-state index contributed by atoms with van der Waals surface area (Å²) >= 11 is 0. The molecule has 0 spiro atoms. The smallest absolute Gasteiger partial charge is 0.462 e. The van der Waals surface area contributed by atoms with Crippen molar-refractivity contribution in [2.24, 2.45) is 0 Å². The van der Waals surface area contributed by atoms with Gasteiger partial charge in [-0.2, -0.15) is 0 Å². The number of aliphatic hydroxyl groups is 1. The van der Waals surface area contributed by atoms with Crippen molar-refractivity contribution in [2.45, 2.75) is 213 Å². The molecule has 0 fully saturated rings. The van der Waals surface area contributed by atoms with Crippen LogP contribution < -0.4 is 0 Å². The third-order valence-electron chi connectivity index (χ3n) is 10.7. The highest BCUT2D eigenvalue weighted by atomic mass is 31.2. The maximum Gasteiger partial charge on any atom is 0.472 e. The Bertz CT molecular complexity index is 1590. The van der Waals surface area contributed by atoms with Gasteiger partial charge < -0.3 is 24.2 Å². The minimum absolute atomic E-state index is 0.123. The molecular formula is C58H95O11P. The quantitative estimate of drug-likeness (QED) is 0.0197. The Balaban J connectivity index is 4.89. The van der Waals surface area contributed by atoms with Crippen LogP contribution in [0.2, 0.25) is 0 Å². The van der Waals surface area contributed by atoms with Crippen LogP contribution in [0.15, 0.2) is 109 Å². The lowest BCUT2D eigenvalue weighted by Gasteiger charge is -2.21. The molecule has 0 saturated heterocycles. The molecule has 0 aromatic rings. The van der Waals surface area contributed by atoms with Gasteiger partial charge in [0, 0.05) is 19.3 Å². The zero-order valence-electron chi connectivity index (χ0n) is 43.7. The van der Waals surface area contributed by atoms with Gasteiger partial charge in [0.2, 0.25) is 0 Å². The summed E-state index contributed by atoms with van der Waals surface area (Å²) in [4.78, 5) is 48.3. The van der Waals surface area contributed by atoms with Gasteiger partial charge in [-0.15, -0.1) is 0 Å². The van der Waals surface area contributed by atoms with Gasteiger partial charge in [-0.1, -0.05) is 194 Å². The molecule has 0 aromatic carbocycles. The molecule has 3 atom stereocenters. The van der Waals surface area contributed by atoms with E-state index >= 15 is 0 Å². The van der Waals surface area contributed by atoms with Crippen molar-refractivity contribution >= 4 is 25.7 Å². The summed E-state index contributed by atoms with van der Waals surface area (Å²) in [5, 5.41) is 9.75.